The van der Waals surface area contributed by atoms with Crippen molar-refractivity contribution in [3.05, 3.63) is 34.9 Å². The average Bonchev–Trinajstić information content (AvgIpc) is 2.53. The molecule has 1 atom stereocenters. The number of carbonyl (C=O) groups excluding carboxylic acids is 1. The highest BCUT2D eigenvalue weighted by Crippen LogP contribution is 2.17. The zero-order chi connectivity index (χ0) is 18.2. The second-order valence-corrected chi connectivity index (χ2v) is 6.79. The predicted molar refractivity (Wildman–Crippen MR) is 117 cm³/mol. The SMILES string of the molecule is CCNC(=O)C(C)(C)CN=C(NCC)NC(C)c1ccc(Cl)cc1.I. The highest BCUT2D eigenvalue weighted by Gasteiger charge is 2.27. The number of hydrogen-bond acceptors (Lipinski definition) is 2. The highest BCUT2D eigenvalue weighted by molar-refractivity contribution is 14.0. The molecule has 1 aromatic rings. The van der Waals surface area contributed by atoms with E-state index in [1.54, 1.807) is 0 Å². The Labute approximate surface area is 173 Å². The summed E-state index contributed by atoms with van der Waals surface area (Å²) in [6.45, 7) is 11.6. The minimum Gasteiger partial charge on any atom is -0.357 e. The first-order chi connectivity index (χ1) is 11.3. The van der Waals surface area contributed by atoms with E-state index < -0.39 is 5.41 Å². The Kier molecular flexibility index (Phi) is 11.1. The Balaban J connectivity index is 0.00000576. The first-order valence-electron chi connectivity index (χ1n) is 8.38. The summed E-state index contributed by atoms with van der Waals surface area (Å²) < 4.78 is 0. The summed E-state index contributed by atoms with van der Waals surface area (Å²) in [5, 5.41) is 10.2. The molecular weight excluding hydrogens is 451 g/mol. The van der Waals surface area contributed by atoms with Crippen molar-refractivity contribution in [2.75, 3.05) is 19.6 Å². The fraction of sp³-hybridized carbons (Fsp3) is 0.556. The van der Waals surface area contributed by atoms with Gasteiger partial charge >= 0.3 is 0 Å². The van der Waals surface area contributed by atoms with Gasteiger partial charge in [-0.05, 0) is 52.3 Å². The zero-order valence-electron chi connectivity index (χ0n) is 15.6. The van der Waals surface area contributed by atoms with Gasteiger partial charge in [-0.25, -0.2) is 0 Å². The first kappa shape index (κ1) is 24.0. The lowest BCUT2D eigenvalue weighted by Crippen LogP contribution is -2.42. The second-order valence-electron chi connectivity index (χ2n) is 6.36. The number of guanidine groups is 1. The Bertz CT molecular complexity index is 561. The van der Waals surface area contributed by atoms with E-state index in [0.717, 1.165) is 17.1 Å². The maximum absolute atomic E-state index is 12.1. The summed E-state index contributed by atoms with van der Waals surface area (Å²) in [6.07, 6.45) is 0. The van der Waals surface area contributed by atoms with Crippen LogP contribution in [0.5, 0.6) is 0 Å². The molecule has 3 N–H and O–H groups in total. The van der Waals surface area contributed by atoms with E-state index in [1.165, 1.54) is 0 Å². The summed E-state index contributed by atoms with van der Waals surface area (Å²) in [4.78, 5) is 16.7. The molecule has 0 radical (unpaired) electrons. The molecule has 0 aliphatic rings. The van der Waals surface area contributed by atoms with Crippen molar-refractivity contribution in [1.29, 1.82) is 0 Å². The molecule has 0 aliphatic carbocycles. The molecule has 0 saturated heterocycles. The smallest absolute Gasteiger partial charge is 0.227 e. The van der Waals surface area contributed by atoms with E-state index in [-0.39, 0.29) is 35.9 Å². The number of aliphatic imine (C=N–C) groups is 1. The largest absolute Gasteiger partial charge is 0.357 e. The number of halogens is 2. The Morgan fingerprint density at radius 2 is 1.72 bits per heavy atom. The second kappa shape index (κ2) is 11.6. The van der Waals surface area contributed by atoms with E-state index in [2.05, 4.69) is 27.9 Å². The third kappa shape index (κ3) is 8.27. The molecule has 1 aromatic carbocycles. The Morgan fingerprint density at radius 1 is 1.16 bits per heavy atom. The monoisotopic (exact) mass is 480 g/mol. The van der Waals surface area contributed by atoms with Gasteiger partial charge in [0.15, 0.2) is 5.96 Å². The lowest BCUT2D eigenvalue weighted by atomic mass is 9.92. The van der Waals surface area contributed by atoms with Crippen LogP contribution in [0.15, 0.2) is 29.3 Å². The minimum atomic E-state index is -0.554. The maximum Gasteiger partial charge on any atom is 0.227 e. The van der Waals surface area contributed by atoms with Gasteiger partial charge in [-0.1, -0.05) is 23.7 Å². The molecule has 142 valence electrons. The lowest BCUT2D eigenvalue weighted by molar-refractivity contribution is -0.128. The van der Waals surface area contributed by atoms with Crippen LogP contribution < -0.4 is 16.0 Å². The van der Waals surface area contributed by atoms with Crippen LogP contribution in [-0.4, -0.2) is 31.5 Å². The van der Waals surface area contributed by atoms with Crippen LogP contribution in [0, 0.1) is 5.41 Å². The van der Waals surface area contributed by atoms with Crippen LogP contribution >= 0.6 is 35.6 Å². The fourth-order valence-corrected chi connectivity index (χ4v) is 2.23. The van der Waals surface area contributed by atoms with Gasteiger partial charge in [0.05, 0.1) is 18.0 Å². The lowest BCUT2D eigenvalue weighted by Gasteiger charge is -2.23. The quantitative estimate of drug-likeness (QED) is 0.316. The molecule has 0 saturated carbocycles. The van der Waals surface area contributed by atoms with E-state index >= 15 is 0 Å². The molecule has 1 amide bonds. The first-order valence-corrected chi connectivity index (χ1v) is 8.76. The predicted octanol–water partition coefficient (Wildman–Crippen LogP) is 3.74. The van der Waals surface area contributed by atoms with Crippen molar-refractivity contribution in [2.24, 2.45) is 10.4 Å². The van der Waals surface area contributed by atoms with Crippen LogP contribution in [0.4, 0.5) is 0 Å². The number of benzene rings is 1. The molecule has 0 aromatic heterocycles. The number of carbonyl (C=O) groups is 1. The summed E-state index contributed by atoms with van der Waals surface area (Å²) in [5.41, 5.74) is 0.565. The number of rotatable bonds is 7. The van der Waals surface area contributed by atoms with Crippen molar-refractivity contribution in [1.82, 2.24) is 16.0 Å². The number of hydrogen-bond donors (Lipinski definition) is 3. The van der Waals surface area contributed by atoms with Gasteiger partial charge in [0.2, 0.25) is 5.91 Å². The van der Waals surface area contributed by atoms with E-state index in [4.69, 9.17) is 11.6 Å². The van der Waals surface area contributed by atoms with Gasteiger partial charge in [-0.3, -0.25) is 9.79 Å². The molecular formula is C18H30ClIN4O. The van der Waals surface area contributed by atoms with Crippen LogP contribution in [0.1, 0.15) is 46.2 Å². The van der Waals surface area contributed by atoms with Crippen molar-refractivity contribution in [3.63, 3.8) is 0 Å². The zero-order valence-corrected chi connectivity index (χ0v) is 18.7. The molecule has 5 nitrogen and oxygen atoms in total. The van der Waals surface area contributed by atoms with Crippen molar-refractivity contribution >= 4 is 47.4 Å². The Morgan fingerprint density at radius 3 is 2.24 bits per heavy atom. The molecule has 0 spiro atoms. The molecule has 0 aliphatic heterocycles. The van der Waals surface area contributed by atoms with E-state index in [0.29, 0.717) is 19.0 Å². The molecule has 7 heteroatoms. The maximum atomic E-state index is 12.1. The van der Waals surface area contributed by atoms with Crippen LogP contribution in [0.2, 0.25) is 5.02 Å². The van der Waals surface area contributed by atoms with Gasteiger partial charge in [0.1, 0.15) is 0 Å². The molecule has 1 unspecified atom stereocenters. The molecule has 0 fully saturated rings. The fourth-order valence-electron chi connectivity index (χ4n) is 2.11. The number of nitrogens with one attached hydrogen (secondary N) is 3. The van der Waals surface area contributed by atoms with Gasteiger partial charge in [-0.2, -0.15) is 0 Å². The summed E-state index contributed by atoms with van der Waals surface area (Å²) in [7, 11) is 0. The Hall–Kier alpha value is -1.02. The third-order valence-corrected chi connectivity index (χ3v) is 3.90. The molecule has 25 heavy (non-hydrogen) atoms. The van der Waals surface area contributed by atoms with Crippen LogP contribution in [-0.2, 0) is 4.79 Å². The average molecular weight is 481 g/mol. The topological polar surface area (TPSA) is 65.5 Å². The number of nitrogens with zero attached hydrogens (tertiary/aromatic N) is 1. The van der Waals surface area contributed by atoms with E-state index in [9.17, 15) is 4.79 Å². The van der Waals surface area contributed by atoms with E-state index in [1.807, 2.05) is 52.0 Å². The van der Waals surface area contributed by atoms with Crippen molar-refractivity contribution in [3.8, 4) is 0 Å². The highest BCUT2D eigenvalue weighted by atomic mass is 127. The van der Waals surface area contributed by atoms with Crippen LogP contribution in [0.3, 0.4) is 0 Å². The summed E-state index contributed by atoms with van der Waals surface area (Å²) >= 11 is 5.93. The summed E-state index contributed by atoms with van der Waals surface area (Å²) in [6, 6.07) is 7.80. The minimum absolute atomic E-state index is 0. The molecule has 0 heterocycles. The normalized spacial score (nSPS) is 12.8. The van der Waals surface area contributed by atoms with Gasteiger partial charge in [-0.15, -0.1) is 24.0 Å². The standard InChI is InChI=1S/C18H29ClN4O.HI/c1-6-20-16(24)18(4,5)12-22-17(21-7-2)23-13(3)14-8-10-15(19)11-9-14;/h8-11,13H,6-7,12H2,1-5H3,(H,20,24)(H2,21,22,23);1H. The van der Waals surface area contributed by atoms with Gasteiger partial charge in [0.25, 0.3) is 0 Å². The molecule has 1 rings (SSSR count). The van der Waals surface area contributed by atoms with Crippen molar-refractivity contribution in [2.45, 2.75) is 40.7 Å². The van der Waals surface area contributed by atoms with Gasteiger partial charge in [0, 0.05) is 18.1 Å². The third-order valence-electron chi connectivity index (χ3n) is 3.65. The molecule has 0 bridgehead atoms. The van der Waals surface area contributed by atoms with Gasteiger partial charge < -0.3 is 16.0 Å². The van der Waals surface area contributed by atoms with Crippen LogP contribution in [0.25, 0.3) is 0 Å². The number of amides is 1. The summed E-state index contributed by atoms with van der Waals surface area (Å²) in [5.74, 6) is 0.702. The van der Waals surface area contributed by atoms with Crippen molar-refractivity contribution < 1.29 is 4.79 Å².